The van der Waals surface area contributed by atoms with E-state index in [2.05, 4.69) is 5.32 Å². The number of likely N-dealkylation sites (tertiary alicyclic amines) is 1. The number of carbonyl (C=O) groups excluding carboxylic acids is 1. The Morgan fingerprint density at radius 2 is 1.96 bits per heavy atom. The summed E-state index contributed by atoms with van der Waals surface area (Å²) in [6, 6.07) is -0.811. The molecule has 6 nitrogen and oxygen atoms in total. The number of nitrogens with zero attached hydrogens (tertiary/aromatic N) is 1. The number of aliphatic carboxylic acids is 1. The van der Waals surface area contributed by atoms with E-state index in [1.807, 2.05) is 13.8 Å². The standard InChI is InChI=1S/C15H23F3N2O4/c1-8(2)12-5-9(3-4-24-12)19-14(23)20-6-10(13(21)22)11(7-20)15(16,17)18/h8-12H,3-7H2,1-2H3,(H,19,23)(H,21,22)/t9?,10-,11-,12?/m1/s1. The Morgan fingerprint density at radius 1 is 1.29 bits per heavy atom. The van der Waals surface area contributed by atoms with Crippen molar-refractivity contribution in [1.82, 2.24) is 10.2 Å². The number of hydrogen-bond donors (Lipinski definition) is 2. The fourth-order valence-corrected chi connectivity index (χ4v) is 3.24. The maximum Gasteiger partial charge on any atom is 0.394 e. The molecule has 2 fully saturated rings. The molecular formula is C15H23F3N2O4. The summed E-state index contributed by atoms with van der Waals surface area (Å²) in [7, 11) is 0. The predicted molar refractivity (Wildman–Crippen MR) is 78.4 cm³/mol. The molecule has 0 saturated carbocycles. The van der Waals surface area contributed by atoms with E-state index in [1.165, 1.54) is 0 Å². The minimum atomic E-state index is -4.64. The largest absolute Gasteiger partial charge is 0.481 e. The van der Waals surface area contributed by atoms with E-state index in [0.29, 0.717) is 19.4 Å². The van der Waals surface area contributed by atoms with E-state index in [9.17, 15) is 22.8 Å². The van der Waals surface area contributed by atoms with Crippen molar-refractivity contribution < 1.29 is 32.6 Å². The van der Waals surface area contributed by atoms with Gasteiger partial charge in [0.25, 0.3) is 0 Å². The van der Waals surface area contributed by atoms with Gasteiger partial charge in [-0.2, -0.15) is 13.2 Å². The zero-order valence-electron chi connectivity index (χ0n) is 13.7. The number of carboxylic acids is 1. The van der Waals surface area contributed by atoms with Crippen LogP contribution in [0.5, 0.6) is 0 Å². The van der Waals surface area contributed by atoms with Gasteiger partial charge in [0.2, 0.25) is 0 Å². The lowest BCUT2D eigenvalue weighted by Gasteiger charge is -2.33. The number of hydrogen-bond acceptors (Lipinski definition) is 3. The molecule has 2 aliphatic rings. The second kappa shape index (κ2) is 7.16. The Hall–Kier alpha value is -1.51. The van der Waals surface area contributed by atoms with Crippen LogP contribution in [0.3, 0.4) is 0 Å². The molecule has 2 aliphatic heterocycles. The predicted octanol–water partition coefficient (Wildman–Crippen LogP) is 2.09. The first-order valence-corrected chi connectivity index (χ1v) is 8.06. The molecule has 138 valence electrons. The summed E-state index contributed by atoms with van der Waals surface area (Å²) >= 11 is 0. The average Bonchev–Trinajstić information content (AvgIpc) is 2.93. The van der Waals surface area contributed by atoms with Crippen LogP contribution in [0, 0.1) is 17.8 Å². The number of rotatable bonds is 3. The van der Waals surface area contributed by atoms with Crippen LogP contribution in [0.1, 0.15) is 26.7 Å². The molecule has 2 rings (SSSR count). The third-order valence-corrected chi connectivity index (χ3v) is 4.73. The van der Waals surface area contributed by atoms with E-state index in [0.717, 1.165) is 4.90 Å². The number of halogens is 3. The molecule has 4 atom stereocenters. The minimum Gasteiger partial charge on any atom is -0.481 e. The van der Waals surface area contributed by atoms with Gasteiger partial charge in [-0.25, -0.2) is 4.79 Å². The van der Waals surface area contributed by atoms with Crippen molar-refractivity contribution in [1.29, 1.82) is 0 Å². The molecule has 2 N–H and O–H groups in total. The molecule has 0 bridgehead atoms. The lowest BCUT2D eigenvalue weighted by Crippen LogP contribution is -2.48. The molecule has 2 amide bonds. The smallest absolute Gasteiger partial charge is 0.394 e. The van der Waals surface area contributed by atoms with Crippen LogP contribution in [0.4, 0.5) is 18.0 Å². The number of nitrogens with one attached hydrogen (secondary N) is 1. The number of carbonyl (C=O) groups is 2. The Balaban J connectivity index is 1.96. The van der Waals surface area contributed by atoms with Crippen molar-refractivity contribution in [3.63, 3.8) is 0 Å². The highest BCUT2D eigenvalue weighted by Crippen LogP contribution is 2.37. The van der Waals surface area contributed by atoms with Crippen LogP contribution >= 0.6 is 0 Å². The van der Waals surface area contributed by atoms with Gasteiger partial charge in [-0.05, 0) is 18.8 Å². The first kappa shape index (κ1) is 18.8. The van der Waals surface area contributed by atoms with Gasteiger partial charge in [0, 0.05) is 25.7 Å². The van der Waals surface area contributed by atoms with E-state index >= 15 is 0 Å². The Labute approximate surface area is 138 Å². The second-order valence-corrected chi connectivity index (χ2v) is 6.82. The highest BCUT2D eigenvalue weighted by Gasteiger charge is 2.53. The quantitative estimate of drug-likeness (QED) is 0.815. The summed E-state index contributed by atoms with van der Waals surface area (Å²) < 4.78 is 44.5. The number of alkyl halides is 3. The van der Waals surface area contributed by atoms with E-state index in [-0.39, 0.29) is 18.1 Å². The van der Waals surface area contributed by atoms with Gasteiger partial charge >= 0.3 is 18.2 Å². The first-order valence-electron chi connectivity index (χ1n) is 8.06. The fourth-order valence-electron chi connectivity index (χ4n) is 3.24. The van der Waals surface area contributed by atoms with Crippen LogP contribution < -0.4 is 5.32 Å². The molecule has 2 heterocycles. The molecule has 9 heteroatoms. The van der Waals surface area contributed by atoms with Crippen LogP contribution in [0.2, 0.25) is 0 Å². The number of ether oxygens (including phenoxy) is 1. The summed E-state index contributed by atoms with van der Waals surface area (Å²) in [5.41, 5.74) is 0. The molecule has 0 spiro atoms. The van der Waals surface area contributed by atoms with Crippen LogP contribution in [0.15, 0.2) is 0 Å². The van der Waals surface area contributed by atoms with Gasteiger partial charge in [0.1, 0.15) is 0 Å². The molecule has 0 aromatic heterocycles. The second-order valence-electron chi connectivity index (χ2n) is 6.82. The Bertz CT molecular complexity index is 484. The first-order chi connectivity index (χ1) is 11.1. The topological polar surface area (TPSA) is 78.9 Å². The summed E-state index contributed by atoms with van der Waals surface area (Å²) in [6.07, 6.45) is -3.45. The Kier molecular flexibility index (Phi) is 5.62. The van der Waals surface area contributed by atoms with E-state index in [1.54, 1.807) is 0 Å². The number of urea groups is 1. The van der Waals surface area contributed by atoms with E-state index in [4.69, 9.17) is 9.84 Å². The third-order valence-electron chi connectivity index (χ3n) is 4.73. The van der Waals surface area contributed by atoms with Gasteiger partial charge in [-0.15, -0.1) is 0 Å². The van der Waals surface area contributed by atoms with Crippen molar-refractivity contribution in [2.75, 3.05) is 19.7 Å². The van der Waals surface area contributed by atoms with Crippen molar-refractivity contribution in [3.05, 3.63) is 0 Å². The summed E-state index contributed by atoms with van der Waals surface area (Å²) in [5, 5.41) is 11.7. The fraction of sp³-hybridized carbons (Fsp3) is 0.867. The van der Waals surface area contributed by atoms with Crippen LogP contribution in [0.25, 0.3) is 0 Å². The normalized spacial score (nSPS) is 31.3. The average molecular weight is 352 g/mol. The molecule has 24 heavy (non-hydrogen) atoms. The summed E-state index contributed by atoms with van der Waals surface area (Å²) in [6.45, 7) is 3.43. The molecule has 0 aliphatic carbocycles. The number of carboxylic acid groups (broad SMARTS) is 1. The highest BCUT2D eigenvalue weighted by atomic mass is 19.4. The van der Waals surface area contributed by atoms with Crippen LogP contribution in [-0.2, 0) is 9.53 Å². The molecule has 2 unspecified atom stereocenters. The highest BCUT2D eigenvalue weighted by molar-refractivity contribution is 5.78. The third kappa shape index (κ3) is 4.31. The summed E-state index contributed by atoms with van der Waals surface area (Å²) in [5.74, 6) is -4.89. The molecule has 0 aromatic rings. The zero-order chi connectivity index (χ0) is 18.1. The maximum absolute atomic E-state index is 13.0. The minimum absolute atomic E-state index is 0.00248. The van der Waals surface area contributed by atoms with Crippen molar-refractivity contribution >= 4 is 12.0 Å². The maximum atomic E-state index is 13.0. The monoisotopic (exact) mass is 352 g/mol. The summed E-state index contributed by atoms with van der Waals surface area (Å²) in [4.78, 5) is 24.3. The van der Waals surface area contributed by atoms with Gasteiger partial charge in [0.15, 0.2) is 0 Å². The molecule has 0 radical (unpaired) electrons. The SMILES string of the molecule is CC(C)C1CC(NC(=O)N2C[C@@H](C(F)(F)F)[C@H](C(=O)O)C2)CCO1. The van der Waals surface area contributed by atoms with E-state index < -0.39 is 43.1 Å². The molecule has 0 aromatic carbocycles. The zero-order valence-corrected chi connectivity index (χ0v) is 13.7. The lowest BCUT2D eigenvalue weighted by molar-refractivity contribution is -0.187. The Morgan fingerprint density at radius 3 is 2.46 bits per heavy atom. The van der Waals surface area contributed by atoms with Crippen LogP contribution in [-0.4, -0.2) is 60.0 Å². The molecule has 2 saturated heterocycles. The van der Waals surface area contributed by atoms with Gasteiger partial charge in [-0.3, -0.25) is 4.79 Å². The lowest BCUT2D eigenvalue weighted by atomic mass is 9.95. The number of amides is 2. The molecular weight excluding hydrogens is 329 g/mol. The van der Waals surface area contributed by atoms with Gasteiger partial charge in [0.05, 0.1) is 17.9 Å². The van der Waals surface area contributed by atoms with Crippen molar-refractivity contribution in [2.45, 2.75) is 45.0 Å². The van der Waals surface area contributed by atoms with Crippen molar-refractivity contribution in [2.24, 2.45) is 17.8 Å². The van der Waals surface area contributed by atoms with Crippen molar-refractivity contribution in [3.8, 4) is 0 Å². The van der Waals surface area contributed by atoms with Gasteiger partial charge in [-0.1, -0.05) is 13.8 Å². The van der Waals surface area contributed by atoms with Gasteiger partial charge < -0.3 is 20.1 Å².